The van der Waals surface area contributed by atoms with Crippen LogP contribution >= 0.6 is 39.1 Å². The van der Waals surface area contributed by atoms with Crippen molar-refractivity contribution >= 4 is 45.0 Å². The molecule has 17 heavy (non-hydrogen) atoms. The molecule has 0 bridgehead atoms. The van der Waals surface area contributed by atoms with Crippen molar-refractivity contribution in [1.82, 2.24) is 4.90 Å². The van der Waals surface area contributed by atoms with E-state index in [4.69, 9.17) is 23.2 Å². The third-order valence-corrected chi connectivity index (χ3v) is 3.69. The summed E-state index contributed by atoms with van der Waals surface area (Å²) in [6.07, 6.45) is 0. The lowest BCUT2D eigenvalue weighted by molar-refractivity contribution is 0.0774. The maximum Gasteiger partial charge on any atom is 0.254 e. The summed E-state index contributed by atoms with van der Waals surface area (Å²) in [7, 11) is 0. The van der Waals surface area contributed by atoms with Crippen LogP contribution in [0.4, 0.5) is 0 Å². The van der Waals surface area contributed by atoms with E-state index in [9.17, 15) is 4.79 Å². The Morgan fingerprint density at radius 2 is 1.88 bits per heavy atom. The zero-order chi connectivity index (χ0) is 12.8. The van der Waals surface area contributed by atoms with Gasteiger partial charge in [-0.15, -0.1) is 23.2 Å². The molecular formula is C12H14BrCl2NO. The molecule has 94 valence electrons. The smallest absolute Gasteiger partial charge is 0.254 e. The zero-order valence-electron chi connectivity index (χ0n) is 9.55. The van der Waals surface area contributed by atoms with Crippen LogP contribution in [0.25, 0.3) is 0 Å². The second-order valence-corrected chi connectivity index (χ2v) is 5.19. The fourth-order valence-corrected chi connectivity index (χ4v) is 2.30. The minimum atomic E-state index is -0.0231. The molecule has 0 radical (unpaired) electrons. The van der Waals surface area contributed by atoms with Crippen LogP contribution in [-0.2, 0) is 0 Å². The number of carbonyl (C=O) groups excluding carboxylic acids is 1. The van der Waals surface area contributed by atoms with Gasteiger partial charge in [0.25, 0.3) is 5.91 Å². The van der Waals surface area contributed by atoms with Crippen LogP contribution in [-0.4, -0.2) is 35.7 Å². The second kappa shape index (κ2) is 7.24. The van der Waals surface area contributed by atoms with Gasteiger partial charge in [-0.1, -0.05) is 22.0 Å². The summed E-state index contributed by atoms with van der Waals surface area (Å²) in [5.74, 6) is 0.802. The number of halogens is 3. The molecule has 0 heterocycles. The van der Waals surface area contributed by atoms with Gasteiger partial charge in [-0.25, -0.2) is 0 Å². The maximum absolute atomic E-state index is 12.3. The number of amides is 1. The fraction of sp³-hybridized carbons (Fsp3) is 0.417. The minimum Gasteiger partial charge on any atom is -0.336 e. The van der Waals surface area contributed by atoms with Gasteiger partial charge in [-0.05, 0) is 24.6 Å². The first-order valence-corrected chi connectivity index (χ1v) is 7.14. The van der Waals surface area contributed by atoms with Crippen LogP contribution in [0.15, 0.2) is 22.7 Å². The molecule has 0 spiro atoms. The Balaban J connectivity index is 2.96. The van der Waals surface area contributed by atoms with Crippen molar-refractivity contribution in [3.63, 3.8) is 0 Å². The van der Waals surface area contributed by atoms with E-state index < -0.39 is 0 Å². The highest BCUT2D eigenvalue weighted by Gasteiger charge is 2.17. The molecule has 0 saturated heterocycles. The quantitative estimate of drug-likeness (QED) is 0.750. The summed E-state index contributed by atoms with van der Waals surface area (Å²) in [6, 6.07) is 5.58. The van der Waals surface area contributed by atoms with Gasteiger partial charge in [0.1, 0.15) is 0 Å². The normalized spacial score (nSPS) is 10.4. The highest BCUT2D eigenvalue weighted by atomic mass is 79.9. The molecule has 0 aliphatic rings. The first-order valence-electron chi connectivity index (χ1n) is 5.28. The molecular weight excluding hydrogens is 325 g/mol. The molecule has 5 heteroatoms. The lowest BCUT2D eigenvalue weighted by Gasteiger charge is -2.21. The van der Waals surface area contributed by atoms with Gasteiger partial charge in [0.2, 0.25) is 0 Å². The van der Waals surface area contributed by atoms with Crippen LogP contribution in [0.3, 0.4) is 0 Å². The molecule has 1 rings (SSSR count). The average molecular weight is 339 g/mol. The van der Waals surface area contributed by atoms with E-state index in [0.717, 1.165) is 10.0 Å². The summed E-state index contributed by atoms with van der Waals surface area (Å²) in [4.78, 5) is 14.0. The predicted octanol–water partition coefficient (Wildman–Crippen LogP) is 3.68. The molecule has 0 atom stereocenters. The highest BCUT2D eigenvalue weighted by molar-refractivity contribution is 9.10. The van der Waals surface area contributed by atoms with Crippen molar-refractivity contribution in [3.8, 4) is 0 Å². The topological polar surface area (TPSA) is 20.3 Å². The molecule has 0 saturated carbocycles. The molecule has 1 aromatic carbocycles. The Morgan fingerprint density at radius 3 is 2.41 bits per heavy atom. The second-order valence-electron chi connectivity index (χ2n) is 3.58. The molecule has 0 aliphatic carbocycles. The largest absolute Gasteiger partial charge is 0.336 e. The van der Waals surface area contributed by atoms with Crippen LogP contribution in [0.1, 0.15) is 15.9 Å². The summed E-state index contributed by atoms with van der Waals surface area (Å²) in [5, 5.41) is 0. The number of benzene rings is 1. The van der Waals surface area contributed by atoms with Crippen molar-refractivity contribution in [1.29, 1.82) is 0 Å². The van der Waals surface area contributed by atoms with Gasteiger partial charge < -0.3 is 4.90 Å². The Labute approximate surface area is 120 Å². The van der Waals surface area contributed by atoms with Gasteiger partial charge in [0, 0.05) is 34.9 Å². The average Bonchev–Trinajstić information content (AvgIpc) is 2.31. The number of hydrogen-bond acceptors (Lipinski definition) is 1. The van der Waals surface area contributed by atoms with E-state index in [1.54, 1.807) is 4.90 Å². The SMILES string of the molecule is Cc1c(Br)cccc1C(=O)N(CCCl)CCCl. The zero-order valence-corrected chi connectivity index (χ0v) is 12.6. The number of carbonyl (C=O) groups is 1. The summed E-state index contributed by atoms with van der Waals surface area (Å²) in [6.45, 7) is 2.94. The Morgan fingerprint density at radius 1 is 1.29 bits per heavy atom. The van der Waals surface area contributed by atoms with E-state index in [0.29, 0.717) is 30.4 Å². The third-order valence-electron chi connectivity index (χ3n) is 2.49. The lowest BCUT2D eigenvalue weighted by Crippen LogP contribution is -2.34. The lowest BCUT2D eigenvalue weighted by atomic mass is 10.1. The third kappa shape index (κ3) is 3.87. The molecule has 0 aromatic heterocycles. The van der Waals surface area contributed by atoms with E-state index in [-0.39, 0.29) is 5.91 Å². The van der Waals surface area contributed by atoms with Crippen molar-refractivity contribution < 1.29 is 4.79 Å². The van der Waals surface area contributed by atoms with Crippen molar-refractivity contribution in [2.24, 2.45) is 0 Å². The molecule has 0 N–H and O–H groups in total. The van der Waals surface area contributed by atoms with Gasteiger partial charge in [0.05, 0.1) is 0 Å². The first-order chi connectivity index (χ1) is 8.11. The molecule has 0 fully saturated rings. The molecule has 1 aromatic rings. The number of hydrogen-bond donors (Lipinski definition) is 0. The van der Waals surface area contributed by atoms with E-state index in [2.05, 4.69) is 15.9 Å². The van der Waals surface area contributed by atoms with Crippen LogP contribution in [0.2, 0.25) is 0 Å². The maximum atomic E-state index is 12.3. The van der Waals surface area contributed by atoms with Gasteiger partial charge >= 0.3 is 0 Å². The van der Waals surface area contributed by atoms with Crippen molar-refractivity contribution in [3.05, 3.63) is 33.8 Å². The number of alkyl halides is 2. The Bertz CT molecular complexity index is 392. The van der Waals surface area contributed by atoms with Crippen molar-refractivity contribution in [2.45, 2.75) is 6.92 Å². The van der Waals surface area contributed by atoms with Crippen molar-refractivity contribution in [2.75, 3.05) is 24.8 Å². The van der Waals surface area contributed by atoms with E-state index in [1.165, 1.54) is 0 Å². The van der Waals surface area contributed by atoms with E-state index in [1.807, 2.05) is 25.1 Å². The molecule has 0 aliphatic heterocycles. The summed E-state index contributed by atoms with van der Waals surface area (Å²) >= 11 is 14.8. The van der Waals surface area contributed by atoms with Gasteiger partial charge in [-0.2, -0.15) is 0 Å². The summed E-state index contributed by atoms with van der Waals surface area (Å²) < 4.78 is 0.931. The standard InChI is InChI=1S/C12H14BrCl2NO/c1-9-10(3-2-4-11(9)13)12(17)16(7-5-14)8-6-15/h2-4H,5-8H2,1H3. The minimum absolute atomic E-state index is 0.0231. The molecule has 1 amide bonds. The number of nitrogens with zero attached hydrogens (tertiary/aromatic N) is 1. The number of rotatable bonds is 5. The monoisotopic (exact) mass is 337 g/mol. The van der Waals surface area contributed by atoms with E-state index >= 15 is 0 Å². The summed E-state index contributed by atoms with van der Waals surface area (Å²) in [5.41, 5.74) is 1.63. The van der Waals surface area contributed by atoms with Crippen LogP contribution in [0.5, 0.6) is 0 Å². The molecule has 0 unspecified atom stereocenters. The Kier molecular flexibility index (Phi) is 6.31. The van der Waals surface area contributed by atoms with Crippen LogP contribution < -0.4 is 0 Å². The first kappa shape index (κ1) is 14.8. The van der Waals surface area contributed by atoms with Crippen LogP contribution in [0, 0.1) is 6.92 Å². The predicted molar refractivity (Wildman–Crippen MR) is 76.2 cm³/mol. The highest BCUT2D eigenvalue weighted by Crippen LogP contribution is 2.20. The van der Waals surface area contributed by atoms with Gasteiger partial charge in [-0.3, -0.25) is 4.79 Å². The molecule has 2 nitrogen and oxygen atoms in total. The van der Waals surface area contributed by atoms with Gasteiger partial charge in [0.15, 0.2) is 0 Å². The Hall–Kier alpha value is -0.250. The fourth-order valence-electron chi connectivity index (χ4n) is 1.53.